The monoisotopic (exact) mass is 459 g/mol. The molecule has 5 nitrogen and oxygen atoms in total. The molecule has 7 rings (SSSR count). The van der Waals surface area contributed by atoms with E-state index in [9.17, 15) is 9.59 Å². The maximum Gasteiger partial charge on any atom is 0.263 e. The summed E-state index contributed by atoms with van der Waals surface area (Å²) < 4.78 is 2.19. The van der Waals surface area contributed by atoms with Crippen LogP contribution in [0.2, 0.25) is 0 Å². The molecule has 4 aliphatic carbocycles. The Morgan fingerprint density at radius 2 is 1.48 bits per heavy atom. The lowest BCUT2D eigenvalue weighted by atomic mass is 9.48. The first-order valence-electron chi connectivity index (χ1n) is 12.0. The molecule has 4 bridgehead atoms. The lowest BCUT2D eigenvalue weighted by Crippen LogP contribution is -2.51. The third-order valence-corrected chi connectivity index (χ3v) is 8.69. The number of thiocarbonyl (C=S) groups is 1. The first kappa shape index (κ1) is 20.8. The molecule has 0 unspecified atom stereocenters. The zero-order valence-electron chi connectivity index (χ0n) is 19.1. The van der Waals surface area contributed by atoms with Gasteiger partial charge in [0.1, 0.15) is 5.57 Å². The van der Waals surface area contributed by atoms with Gasteiger partial charge in [-0.05, 0) is 123 Å². The Morgan fingerprint density at radius 1 is 0.939 bits per heavy atom. The van der Waals surface area contributed by atoms with Crippen LogP contribution in [-0.2, 0) is 15.0 Å². The highest BCUT2D eigenvalue weighted by Gasteiger charge is 2.51. The number of nitrogens with one attached hydrogen (secondary N) is 2. The van der Waals surface area contributed by atoms with E-state index in [1.165, 1.54) is 44.1 Å². The van der Waals surface area contributed by atoms with Gasteiger partial charge in [0, 0.05) is 17.1 Å². The van der Waals surface area contributed by atoms with Gasteiger partial charge in [0.05, 0.1) is 0 Å². The largest absolute Gasteiger partial charge is 0.318 e. The summed E-state index contributed by atoms with van der Waals surface area (Å²) in [6, 6.07) is 11.2. The Hall–Kier alpha value is -2.73. The van der Waals surface area contributed by atoms with Crippen LogP contribution in [0.4, 0.5) is 0 Å². The Kier molecular flexibility index (Phi) is 4.67. The Bertz CT molecular complexity index is 1160. The van der Waals surface area contributed by atoms with E-state index in [0.29, 0.717) is 5.41 Å². The Morgan fingerprint density at radius 3 is 2.03 bits per heavy atom. The minimum absolute atomic E-state index is 0.0479. The van der Waals surface area contributed by atoms with Gasteiger partial charge >= 0.3 is 0 Å². The Labute approximate surface area is 199 Å². The van der Waals surface area contributed by atoms with Crippen molar-refractivity contribution in [3.63, 3.8) is 0 Å². The highest BCUT2D eigenvalue weighted by molar-refractivity contribution is 7.80. The van der Waals surface area contributed by atoms with Crippen molar-refractivity contribution < 1.29 is 9.59 Å². The van der Waals surface area contributed by atoms with Gasteiger partial charge in [-0.3, -0.25) is 20.2 Å². The fourth-order valence-electron chi connectivity index (χ4n) is 7.52. The minimum atomic E-state index is -0.464. The van der Waals surface area contributed by atoms with Crippen molar-refractivity contribution in [2.75, 3.05) is 0 Å². The standard InChI is InChI=1S/C27H29N3O2S/c1-15-7-20(11-23-24(31)28-26(33)29-25(23)32)16(2)30(15)22-5-3-21(4-6-22)27-12-17-8-18(13-27)10-19(9-17)14-27/h3-7,11,17-19H,8-10,12-14H2,1-2H3,(H2,28,29,31,32,33). The molecular weight excluding hydrogens is 430 g/mol. The predicted octanol–water partition coefficient (Wildman–Crippen LogP) is 4.48. The second-order valence-electron chi connectivity index (χ2n) is 10.7. The van der Waals surface area contributed by atoms with Gasteiger partial charge in [-0.25, -0.2) is 0 Å². The molecule has 170 valence electrons. The SMILES string of the molecule is Cc1cc(C=C2C(=O)NC(=S)NC2=O)c(C)n1-c1ccc(C23CC4CC(CC(C4)C2)C3)cc1. The van der Waals surface area contributed by atoms with Crippen LogP contribution >= 0.6 is 12.2 Å². The summed E-state index contributed by atoms with van der Waals surface area (Å²) in [4.78, 5) is 24.5. The van der Waals surface area contributed by atoms with Gasteiger partial charge in [0.25, 0.3) is 11.8 Å². The van der Waals surface area contributed by atoms with Gasteiger partial charge in [-0.15, -0.1) is 0 Å². The maximum absolute atomic E-state index is 12.3. The molecule has 2 heterocycles. The number of benzene rings is 1. The van der Waals surface area contributed by atoms with Crippen LogP contribution in [0, 0.1) is 31.6 Å². The van der Waals surface area contributed by atoms with Gasteiger partial charge < -0.3 is 4.57 Å². The van der Waals surface area contributed by atoms with Gasteiger partial charge in [-0.1, -0.05) is 12.1 Å². The average Bonchev–Trinajstić information content (AvgIpc) is 3.03. The number of rotatable bonds is 3. The van der Waals surface area contributed by atoms with E-state index < -0.39 is 11.8 Å². The number of carbonyl (C=O) groups is 2. The van der Waals surface area contributed by atoms with Crippen molar-refractivity contribution in [2.45, 2.75) is 57.8 Å². The number of carbonyl (C=O) groups excluding carboxylic acids is 2. The zero-order chi connectivity index (χ0) is 22.9. The molecule has 2 amide bonds. The lowest BCUT2D eigenvalue weighted by Gasteiger charge is -2.57. The molecule has 1 aromatic heterocycles. The number of nitrogens with zero attached hydrogens (tertiary/aromatic N) is 1. The van der Waals surface area contributed by atoms with E-state index in [0.717, 1.165) is 40.4 Å². The van der Waals surface area contributed by atoms with E-state index in [2.05, 4.69) is 46.4 Å². The van der Waals surface area contributed by atoms with Crippen molar-refractivity contribution >= 4 is 35.2 Å². The third kappa shape index (κ3) is 3.38. The van der Waals surface area contributed by atoms with Crippen LogP contribution in [-0.4, -0.2) is 21.5 Å². The van der Waals surface area contributed by atoms with Gasteiger partial charge in [0.15, 0.2) is 5.11 Å². The van der Waals surface area contributed by atoms with Crippen molar-refractivity contribution in [3.05, 3.63) is 58.4 Å². The predicted molar refractivity (Wildman–Crippen MR) is 132 cm³/mol. The van der Waals surface area contributed by atoms with Crippen LogP contribution < -0.4 is 10.6 Å². The van der Waals surface area contributed by atoms with E-state index in [4.69, 9.17) is 12.2 Å². The molecule has 1 aliphatic heterocycles. The molecule has 0 spiro atoms. The summed E-state index contributed by atoms with van der Waals surface area (Å²) in [5.41, 5.74) is 6.01. The van der Waals surface area contributed by atoms with E-state index in [1.54, 1.807) is 6.08 Å². The second kappa shape index (κ2) is 7.39. The quantitative estimate of drug-likeness (QED) is 0.404. The number of aromatic nitrogens is 1. The van der Waals surface area contributed by atoms with Crippen molar-refractivity contribution in [2.24, 2.45) is 17.8 Å². The molecule has 5 fully saturated rings. The highest BCUT2D eigenvalue weighted by atomic mass is 32.1. The summed E-state index contributed by atoms with van der Waals surface area (Å²) in [5, 5.41) is 5.04. The van der Waals surface area contributed by atoms with Crippen LogP contribution in [0.1, 0.15) is 61.0 Å². The smallest absolute Gasteiger partial charge is 0.263 e. The van der Waals surface area contributed by atoms with Crippen LogP contribution in [0.3, 0.4) is 0 Å². The zero-order valence-corrected chi connectivity index (χ0v) is 19.9. The van der Waals surface area contributed by atoms with Crippen LogP contribution in [0.25, 0.3) is 11.8 Å². The summed E-state index contributed by atoms with van der Waals surface area (Å²) in [6.07, 6.45) is 10.1. The third-order valence-electron chi connectivity index (χ3n) is 8.49. The normalized spacial score (nSPS) is 30.4. The molecule has 0 atom stereocenters. The summed E-state index contributed by atoms with van der Waals surface area (Å²) in [6.45, 7) is 4.08. The number of hydrogen-bond donors (Lipinski definition) is 2. The molecule has 33 heavy (non-hydrogen) atoms. The summed E-state index contributed by atoms with van der Waals surface area (Å²) >= 11 is 4.89. The van der Waals surface area contributed by atoms with Crippen LogP contribution in [0.15, 0.2) is 35.9 Å². The summed E-state index contributed by atoms with van der Waals surface area (Å²) in [7, 11) is 0. The molecule has 2 N–H and O–H groups in total. The minimum Gasteiger partial charge on any atom is -0.318 e. The highest BCUT2D eigenvalue weighted by Crippen LogP contribution is 2.60. The number of aryl methyl sites for hydroxylation is 1. The lowest BCUT2D eigenvalue weighted by molar-refractivity contribution is -0.123. The number of hydrogen-bond acceptors (Lipinski definition) is 3. The second-order valence-corrected chi connectivity index (χ2v) is 11.1. The van der Waals surface area contributed by atoms with Gasteiger partial charge in [0.2, 0.25) is 0 Å². The topological polar surface area (TPSA) is 63.1 Å². The molecule has 0 radical (unpaired) electrons. The molecule has 6 heteroatoms. The van der Waals surface area contributed by atoms with E-state index >= 15 is 0 Å². The average molecular weight is 460 g/mol. The first-order chi connectivity index (χ1) is 15.8. The molecule has 4 saturated carbocycles. The molecule has 2 aromatic rings. The maximum atomic E-state index is 12.3. The fraction of sp³-hybridized carbons (Fsp3) is 0.444. The van der Waals surface area contributed by atoms with Crippen molar-refractivity contribution in [1.29, 1.82) is 0 Å². The first-order valence-corrected chi connectivity index (χ1v) is 12.4. The fourth-order valence-corrected chi connectivity index (χ4v) is 7.71. The van der Waals surface area contributed by atoms with E-state index in [1.807, 2.05) is 13.0 Å². The van der Waals surface area contributed by atoms with Crippen LogP contribution in [0.5, 0.6) is 0 Å². The molecule has 1 aromatic carbocycles. The molecular formula is C27H29N3O2S. The van der Waals surface area contributed by atoms with Crippen molar-refractivity contribution in [1.82, 2.24) is 15.2 Å². The molecule has 5 aliphatic rings. The Balaban J connectivity index is 1.31. The van der Waals surface area contributed by atoms with E-state index in [-0.39, 0.29) is 10.7 Å². The molecule has 1 saturated heterocycles. The van der Waals surface area contributed by atoms with Gasteiger partial charge in [-0.2, -0.15) is 0 Å². The summed E-state index contributed by atoms with van der Waals surface area (Å²) in [5.74, 6) is 1.87. The van der Waals surface area contributed by atoms with Crippen molar-refractivity contribution in [3.8, 4) is 5.69 Å². The number of amides is 2.